The van der Waals surface area contributed by atoms with Crippen LogP contribution >= 0.6 is 15.9 Å². The Hall–Kier alpha value is -0.540. The predicted molar refractivity (Wildman–Crippen MR) is 50.0 cm³/mol. The average Bonchev–Trinajstić information content (AvgIpc) is 2.23. The summed E-state index contributed by atoms with van der Waals surface area (Å²) in [4.78, 5) is 21.3. The lowest BCUT2D eigenvalue weighted by Gasteiger charge is -2.23. The molecule has 88 valence electrons. The van der Waals surface area contributed by atoms with Gasteiger partial charge in [-0.05, 0) is 15.9 Å². The van der Waals surface area contributed by atoms with E-state index in [4.69, 9.17) is 15.3 Å². The van der Waals surface area contributed by atoms with E-state index < -0.39 is 35.1 Å². The Morgan fingerprint density at radius 3 is 1.80 bits per heavy atom. The SMILES string of the molecule is COC(=O)[C@@H](O)[C@@H](O)[C@H](O)[C@@H](O)C(=O)Br. The van der Waals surface area contributed by atoms with Gasteiger partial charge < -0.3 is 25.2 Å². The molecular weight excluding hydrogens is 276 g/mol. The second-order valence-corrected chi connectivity index (χ2v) is 3.48. The van der Waals surface area contributed by atoms with Crippen molar-refractivity contribution in [3.63, 3.8) is 0 Å². The van der Waals surface area contributed by atoms with Gasteiger partial charge in [0.05, 0.1) is 7.11 Å². The van der Waals surface area contributed by atoms with Crippen LogP contribution in [0.15, 0.2) is 0 Å². The quantitative estimate of drug-likeness (QED) is 0.326. The number of methoxy groups -OCH3 is 1. The third-order valence-electron chi connectivity index (χ3n) is 1.67. The monoisotopic (exact) mass is 286 g/mol. The molecule has 0 aromatic rings. The Bertz CT molecular complexity index is 243. The van der Waals surface area contributed by atoms with E-state index in [1.54, 1.807) is 0 Å². The first-order valence-corrected chi connectivity index (χ1v) is 4.61. The summed E-state index contributed by atoms with van der Waals surface area (Å²) in [6, 6.07) is 0. The Morgan fingerprint density at radius 2 is 1.47 bits per heavy atom. The maximum absolute atomic E-state index is 10.7. The van der Waals surface area contributed by atoms with Crippen molar-refractivity contribution in [1.82, 2.24) is 0 Å². The first-order chi connectivity index (χ1) is 6.82. The number of hydrogen-bond donors (Lipinski definition) is 4. The molecule has 4 atom stereocenters. The minimum atomic E-state index is -2.04. The van der Waals surface area contributed by atoms with E-state index in [0.29, 0.717) is 0 Å². The number of hydrogen-bond acceptors (Lipinski definition) is 7. The number of carbonyl (C=O) groups excluding carboxylic acids is 2. The third-order valence-corrected chi connectivity index (χ3v) is 2.14. The number of ether oxygens (including phenoxy) is 1. The molecular formula is C7H11BrO7. The highest BCUT2D eigenvalue weighted by molar-refractivity contribution is 9.18. The van der Waals surface area contributed by atoms with E-state index in [1.165, 1.54) is 0 Å². The molecule has 0 fully saturated rings. The van der Waals surface area contributed by atoms with Crippen LogP contribution in [0.4, 0.5) is 0 Å². The normalized spacial score (nSPS) is 18.8. The van der Waals surface area contributed by atoms with Gasteiger partial charge in [-0.1, -0.05) is 0 Å². The fourth-order valence-corrected chi connectivity index (χ4v) is 1.04. The molecule has 0 spiro atoms. The van der Waals surface area contributed by atoms with Gasteiger partial charge in [-0.15, -0.1) is 0 Å². The largest absolute Gasteiger partial charge is 0.467 e. The van der Waals surface area contributed by atoms with Crippen molar-refractivity contribution in [2.45, 2.75) is 24.4 Å². The van der Waals surface area contributed by atoms with Crippen molar-refractivity contribution in [3.05, 3.63) is 0 Å². The maximum Gasteiger partial charge on any atom is 0.337 e. The Kier molecular flexibility index (Phi) is 5.91. The Morgan fingerprint density at radius 1 is 1.07 bits per heavy atom. The number of esters is 1. The highest BCUT2D eigenvalue weighted by atomic mass is 79.9. The summed E-state index contributed by atoms with van der Waals surface area (Å²) in [5.74, 6) is -1.18. The molecule has 0 radical (unpaired) electrons. The van der Waals surface area contributed by atoms with Gasteiger partial charge in [0.2, 0.25) is 4.69 Å². The Balaban J connectivity index is 4.49. The van der Waals surface area contributed by atoms with Crippen molar-refractivity contribution in [2.75, 3.05) is 7.11 Å². The maximum atomic E-state index is 10.7. The minimum Gasteiger partial charge on any atom is -0.467 e. The lowest BCUT2D eigenvalue weighted by atomic mass is 10.0. The number of aliphatic hydroxyl groups excluding tert-OH is 4. The molecule has 8 heteroatoms. The minimum absolute atomic E-state index is 0.969. The van der Waals surface area contributed by atoms with E-state index in [9.17, 15) is 14.7 Å². The van der Waals surface area contributed by atoms with Gasteiger partial charge in [0.1, 0.15) is 12.2 Å². The van der Waals surface area contributed by atoms with Crippen LogP contribution in [0.3, 0.4) is 0 Å². The molecule has 0 bridgehead atoms. The van der Waals surface area contributed by atoms with Crippen molar-refractivity contribution in [3.8, 4) is 0 Å². The summed E-state index contributed by atoms with van der Waals surface area (Å²) >= 11 is 2.35. The molecule has 0 saturated carbocycles. The van der Waals surface area contributed by atoms with Crippen molar-refractivity contribution < 1.29 is 34.8 Å². The summed E-state index contributed by atoms with van der Waals surface area (Å²) in [5, 5.41) is 36.4. The van der Waals surface area contributed by atoms with Gasteiger partial charge in [0.25, 0.3) is 0 Å². The van der Waals surface area contributed by atoms with Gasteiger partial charge in [-0.2, -0.15) is 0 Å². The van der Waals surface area contributed by atoms with Gasteiger partial charge in [-0.25, -0.2) is 4.79 Å². The molecule has 7 nitrogen and oxygen atoms in total. The van der Waals surface area contributed by atoms with Crippen molar-refractivity contribution in [2.24, 2.45) is 0 Å². The molecule has 0 aromatic carbocycles. The van der Waals surface area contributed by atoms with Crippen molar-refractivity contribution >= 4 is 26.6 Å². The van der Waals surface area contributed by atoms with Crippen LogP contribution in [0.1, 0.15) is 0 Å². The highest BCUT2D eigenvalue weighted by Crippen LogP contribution is 2.09. The molecule has 0 rings (SSSR count). The van der Waals surface area contributed by atoms with Crippen LogP contribution in [-0.4, -0.2) is 62.6 Å². The molecule has 0 amide bonds. The molecule has 0 heterocycles. The van der Waals surface area contributed by atoms with E-state index in [0.717, 1.165) is 7.11 Å². The molecule has 0 saturated heterocycles. The second kappa shape index (κ2) is 6.13. The summed E-state index contributed by atoms with van der Waals surface area (Å²) in [6.07, 6.45) is -7.99. The van der Waals surface area contributed by atoms with Crippen LogP contribution < -0.4 is 0 Å². The first kappa shape index (κ1) is 14.5. The van der Waals surface area contributed by atoms with Crippen LogP contribution in [0.25, 0.3) is 0 Å². The fraction of sp³-hybridized carbons (Fsp3) is 0.714. The van der Waals surface area contributed by atoms with E-state index in [1.807, 2.05) is 0 Å². The zero-order valence-electron chi connectivity index (χ0n) is 7.70. The predicted octanol–water partition coefficient (Wildman–Crippen LogP) is -2.48. The van der Waals surface area contributed by atoms with Crippen LogP contribution in [-0.2, 0) is 14.3 Å². The average molecular weight is 287 g/mol. The lowest BCUT2D eigenvalue weighted by Crippen LogP contribution is -2.49. The summed E-state index contributed by atoms with van der Waals surface area (Å²) in [5.41, 5.74) is 0. The van der Waals surface area contributed by atoms with E-state index in [-0.39, 0.29) is 0 Å². The van der Waals surface area contributed by atoms with E-state index >= 15 is 0 Å². The van der Waals surface area contributed by atoms with Gasteiger partial charge in [0.15, 0.2) is 12.2 Å². The smallest absolute Gasteiger partial charge is 0.337 e. The molecule has 0 aliphatic rings. The van der Waals surface area contributed by atoms with Gasteiger partial charge in [0, 0.05) is 0 Å². The molecule has 4 N–H and O–H groups in total. The number of carbonyl (C=O) groups is 2. The number of halogens is 1. The fourth-order valence-electron chi connectivity index (χ4n) is 0.768. The standard InChI is InChI=1S/C7H11BrO7/c1-15-7(14)5(12)3(10)2(9)4(11)6(8)13/h2-5,9-12H,1H3/t2-,3-,4+,5-/m0/s1. The molecule has 0 aliphatic carbocycles. The molecule has 15 heavy (non-hydrogen) atoms. The van der Waals surface area contributed by atoms with Crippen LogP contribution in [0.2, 0.25) is 0 Å². The zero-order chi connectivity index (χ0) is 12.2. The number of aliphatic hydroxyl groups is 4. The topological polar surface area (TPSA) is 124 Å². The summed E-state index contributed by atoms with van der Waals surface area (Å²) in [7, 11) is 0.969. The highest BCUT2D eigenvalue weighted by Gasteiger charge is 2.37. The summed E-state index contributed by atoms with van der Waals surface area (Å²) in [6.45, 7) is 0. The molecule has 0 unspecified atom stereocenters. The third kappa shape index (κ3) is 3.84. The van der Waals surface area contributed by atoms with Gasteiger partial charge >= 0.3 is 5.97 Å². The Labute approximate surface area is 93.4 Å². The first-order valence-electron chi connectivity index (χ1n) is 3.82. The van der Waals surface area contributed by atoms with Crippen molar-refractivity contribution in [1.29, 1.82) is 0 Å². The second-order valence-electron chi connectivity index (χ2n) is 2.70. The van der Waals surface area contributed by atoms with Crippen LogP contribution in [0.5, 0.6) is 0 Å². The van der Waals surface area contributed by atoms with Crippen LogP contribution in [0, 0.1) is 0 Å². The van der Waals surface area contributed by atoms with E-state index in [2.05, 4.69) is 20.7 Å². The molecule has 0 aromatic heterocycles. The summed E-state index contributed by atoms with van der Waals surface area (Å²) < 4.78 is 3.10. The number of rotatable bonds is 5. The zero-order valence-corrected chi connectivity index (χ0v) is 9.29. The van der Waals surface area contributed by atoms with Gasteiger partial charge in [-0.3, -0.25) is 4.79 Å². The molecule has 0 aliphatic heterocycles. The lowest BCUT2D eigenvalue weighted by molar-refractivity contribution is -0.167.